The molecular weight excluding hydrogens is 343 g/mol. The lowest BCUT2D eigenvalue weighted by atomic mass is 10.1. The highest BCUT2D eigenvalue weighted by Gasteiger charge is 2.24. The first-order valence-corrected chi connectivity index (χ1v) is 9.50. The van der Waals surface area contributed by atoms with Gasteiger partial charge in [0.1, 0.15) is 30.8 Å². The number of para-hydroxylation sites is 2. The normalized spacial score (nSPS) is 16.1. The highest BCUT2D eigenvalue weighted by Crippen LogP contribution is 2.19. The Morgan fingerprint density at radius 2 is 1.85 bits per heavy atom. The minimum Gasteiger partial charge on any atom is -0.490 e. The van der Waals surface area contributed by atoms with Crippen molar-refractivity contribution in [2.24, 2.45) is 0 Å². The topological polar surface area (TPSA) is 37.1 Å². The number of nitrogens with one attached hydrogen (secondary N) is 1. The van der Waals surface area contributed by atoms with Gasteiger partial charge in [0.15, 0.2) is 0 Å². The molecule has 4 nitrogen and oxygen atoms in total. The van der Waals surface area contributed by atoms with Crippen molar-refractivity contribution >= 4 is 5.69 Å². The van der Waals surface area contributed by atoms with Gasteiger partial charge in [-0.2, -0.15) is 0 Å². The molecule has 1 saturated heterocycles. The molecule has 3 rings (SSSR count). The van der Waals surface area contributed by atoms with E-state index in [9.17, 15) is 9.50 Å². The zero-order valence-electron chi connectivity index (χ0n) is 15.6. The molecule has 5 heteroatoms. The summed E-state index contributed by atoms with van der Waals surface area (Å²) in [6, 6.07) is 14.7. The van der Waals surface area contributed by atoms with E-state index in [4.69, 9.17) is 4.74 Å². The number of anilines is 1. The third-order valence-corrected chi connectivity index (χ3v) is 4.96. The van der Waals surface area contributed by atoms with Gasteiger partial charge in [0.25, 0.3) is 0 Å². The van der Waals surface area contributed by atoms with Crippen molar-refractivity contribution in [1.82, 2.24) is 0 Å². The van der Waals surface area contributed by atoms with Crippen LogP contribution < -0.4 is 14.5 Å². The number of benzene rings is 2. The Morgan fingerprint density at radius 3 is 2.59 bits per heavy atom. The third-order valence-electron chi connectivity index (χ3n) is 4.96. The van der Waals surface area contributed by atoms with E-state index in [1.54, 1.807) is 6.07 Å². The molecule has 0 amide bonds. The first-order valence-electron chi connectivity index (χ1n) is 9.50. The van der Waals surface area contributed by atoms with Gasteiger partial charge in [-0.05, 0) is 30.2 Å². The molecule has 0 unspecified atom stereocenters. The van der Waals surface area contributed by atoms with Gasteiger partial charge in [-0.1, -0.05) is 36.4 Å². The number of quaternary nitrogens is 1. The van der Waals surface area contributed by atoms with Crippen molar-refractivity contribution in [3.63, 3.8) is 0 Å². The number of ether oxygens (including phenoxy) is 1. The SMILES string of the molecule is C=CCc1ccccc1OC[C@H](O)C[NH+]1CCN(c2ccccc2F)CC1. The van der Waals surface area contributed by atoms with Crippen LogP contribution in [0.25, 0.3) is 0 Å². The van der Waals surface area contributed by atoms with Gasteiger partial charge >= 0.3 is 0 Å². The molecule has 0 saturated carbocycles. The number of nitrogens with zero attached hydrogens (tertiary/aromatic N) is 1. The quantitative estimate of drug-likeness (QED) is 0.694. The molecule has 1 atom stereocenters. The average Bonchev–Trinajstić information content (AvgIpc) is 2.69. The van der Waals surface area contributed by atoms with Crippen molar-refractivity contribution < 1.29 is 19.1 Å². The molecule has 2 aromatic carbocycles. The third kappa shape index (κ3) is 5.31. The zero-order chi connectivity index (χ0) is 19.1. The van der Waals surface area contributed by atoms with E-state index in [0.717, 1.165) is 43.9 Å². The maximum Gasteiger partial charge on any atom is 0.146 e. The first kappa shape index (κ1) is 19.4. The second-order valence-electron chi connectivity index (χ2n) is 6.96. The number of aliphatic hydroxyl groups excluding tert-OH is 1. The fourth-order valence-electron chi connectivity index (χ4n) is 3.52. The summed E-state index contributed by atoms with van der Waals surface area (Å²) in [4.78, 5) is 3.39. The van der Waals surface area contributed by atoms with Crippen LogP contribution in [0.2, 0.25) is 0 Å². The van der Waals surface area contributed by atoms with Crippen LogP contribution in [0.1, 0.15) is 5.56 Å². The van der Waals surface area contributed by atoms with Gasteiger partial charge in [0, 0.05) is 0 Å². The maximum atomic E-state index is 13.9. The summed E-state index contributed by atoms with van der Waals surface area (Å²) in [6.45, 7) is 7.99. The number of hydrogen-bond acceptors (Lipinski definition) is 3. The van der Waals surface area contributed by atoms with Gasteiger partial charge in [0.05, 0.1) is 31.9 Å². The maximum absolute atomic E-state index is 13.9. The lowest BCUT2D eigenvalue weighted by Crippen LogP contribution is -3.16. The molecule has 2 N–H and O–H groups in total. The van der Waals surface area contributed by atoms with Crippen molar-refractivity contribution in [2.45, 2.75) is 12.5 Å². The van der Waals surface area contributed by atoms with Crippen LogP contribution in [0, 0.1) is 5.82 Å². The molecule has 1 heterocycles. The number of halogens is 1. The van der Waals surface area contributed by atoms with Gasteiger partial charge < -0.3 is 19.6 Å². The van der Waals surface area contributed by atoms with E-state index < -0.39 is 6.10 Å². The first-order chi connectivity index (χ1) is 13.2. The number of piperazine rings is 1. The number of rotatable bonds is 8. The Balaban J connectivity index is 1.45. The minimum atomic E-state index is -0.531. The highest BCUT2D eigenvalue weighted by atomic mass is 19.1. The highest BCUT2D eigenvalue weighted by molar-refractivity contribution is 5.47. The molecule has 1 aliphatic heterocycles. The summed E-state index contributed by atoms with van der Waals surface area (Å²) in [5, 5.41) is 10.4. The molecular formula is C22H28FN2O2+. The lowest BCUT2D eigenvalue weighted by Gasteiger charge is -2.34. The molecule has 2 aromatic rings. The van der Waals surface area contributed by atoms with E-state index in [1.807, 2.05) is 42.5 Å². The van der Waals surface area contributed by atoms with Crippen molar-refractivity contribution in [3.8, 4) is 5.75 Å². The van der Waals surface area contributed by atoms with Crippen LogP contribution in [-0.4, -0.2) is 50.5 Å². The van der Waals surface area contributed by atoms with Crippen molar-refractivity contribution in [2.75, 3.05) is 44.2 Å². The summed E-state index contributed by atoms with van der Waals surface area (Å²) in [7, 11) is 0. The summed E-state index contributed by atoms with van der Waals surface area (Å²) < 4.78 is 19.7. The van der Waals surface area contributed by atoms with Crippen LogP contribution in [0.5, 0.6) is 5.75 Å². The van der Waals surface area contributed by atoms with Gasteiger partial charge in [0.2, 0.25) is 0 Å². The smallest absolute Gasteiger partial charge is 0.146 e. The predicted molar refractivity (Wildman–Crippen MR) is 106 cm³/mol. The van der Waals surface area contributed by atoms with Crippen molar-refractivity contribution in [1.29, 1.82) is 0 Å². The zero-order valence-corrected chi connectivity index (χ0v) is 15.6. The molecule has 0 bridgehead atoms. The molecule has 1 aliphatic rings. The second-order valence-corrected chi connectivity index (χ2v) is 6.96. The molecule has 0 aromatic heterocycles. The Hall–Kier alpha value is -2.37. The fraction of sp³-hybridized carbons (Fsp3) is 0.364. The largest absolute Gasteiger partial charge is 0.490 e. The predicted octanol–water partition coefficient (Wildman–Crippen LogP) is 1.70. The number of hydrogen-bond donors (Lipinski definition) is 2. The molecule has 0 spiro atoms. The van der Waals surface area contributed by atoms with Crippen LogP contribution in [0.3, 0.4) is 0 Å². The van der Waals surface area contributed by atoms with Crippen molar-refractivity contribution in [3.05, 3.63) is 72.6 Å². The van der Waals surface area contributed by atoms with E-state index in [-0.39, 0.29) is 12.4 Å². The van der Waals surface area contributed by atoms with Gasteiger partial charge in [-0.25, -0.2) is 4.39 Å². The van der Waals surface area contributed by atoms with Crippen LogP contribution in [0.15, 0.2) is 61.2 Å². The van der Waals surface area contributed by atoms with E-state index in [0.29, 0.717) is 12.2 Å². The van der Waals surface area contributed by atoms with Crippen LogP contribution in [0.4, 0.5) is 10.1 Å². The van der Waals surface area contributed by atoms with Gasteiger partial charge in [-0.3, -0.25) is 0 Å². The Labute approximate surface area is 160 Å². The molecule has 1 fully saturated rings. The van der Waals surface area contributed by atoms with E-state index >= 15 is 0 Å². The summed E-state index contributed by atoms with van der Waals surface area (Å²) in [6.07, 6.45) is 2.06. The Bertz CT molecular complexity index is 745. The average molecular weight is 371 g/mol. The van der Waals surface area contributed by atoms with Crippen LogP contribution >= 0.6 is 0 Å². The summed E-state index contributed by atoms with van der Waals surface area (Å²) in [5.41, 5.74) is 1.74. The van der Waals surface area contributed by atoms with Crippen LogP contribution in [-0.2, 0) is 6.42 Å². The van der Waals surface area contributed by atoms with Gasteiger partial charge in [-0.15, -0.1) is 6.58 Å². The fourth-order valence-corrected chi connectivity index (χ4v) is 3.52. The molecule has 27 heavy (non-hydrogen) atoms. The Kier molecular flexibility index (Phi) is 6.85. The monoisotopic (exact) mass is 371 g/mol. The summed E-state index contributed by atoms with van der Waals surface area (Å²) in [5.74, 6) is 0.628. The summed E-state index contributed by atoms with van der Waals surface area (Å²) >= 11 is 0. The lowest BCUT2D eigenvalue weighted by molar-refractivity contribution is -0.903. The molecule has 0 radical (unpaired) electrons. The van der Waals surface area contributed by atoms with E-state index in [1.165, 1.54) is 11.0 Å². The number of allylic oxidation sites excluding steroid dienone is 1. The Morgan fingerprint density at radius 1 is 1.15 bits per heavy atom. The standard InChI is InChI=1S/C22H27FN2O2/c1-2-7-18-8-3-6-11-22(18)27-17-19(26)16-24-12-14-25(15-13-24)21-10-5-4-9-20(21)23/h2-6,8-11,19,26H,1,7,12-17H2/p+1/t19-/m1/s1. The second kappa shape index (κ2) is 9.53. The minimum absolute atomic E-state index is 0.174. The number of aliphatic hydroxyl groups is 1. The molecule has 0 aliphatic carbocycles. The van der Waals surface area contributed by atoms with E-state index in [2.05, 4.69) is 11.5 Å². The molecule has 144 valence electrons.